The summed E-state index contributed by atoms with van der Waals surface area (Å²) < 4.78 is 2.01. The quantitative estimate of drug-likeness (QED) is 0.584. The fourth-order valence-corrected chi connectivity index (χ4v) is 5.20. The minimum absolute atomic E-state index is 0.0195. The molecule has 1 aliphatic carbocycles. The summed E-state index contributed by atoms with van der Waals surface area (Å²) in [5.41, 5.74) is 12.2. The Morgan fingerprint density at radius 3 is 2.74 bits per heavy atom. The molecule has 0 radical (unpaired) electrons. The van der Waals surface area contributed by atoms with Gasteiger partial charge in [-0.2, -0.15) is 5.10 Å². The first-order chi connectivity index (χ1) is 14.8. The van der Waals surface area contributed by atoms with Crippen LogP contribution in [0.4, 0.5) is 5.69 Å². The van der Waals surface area contributed by atoms with Crippen molar-refractivity contribution in [2.75, 3.05) is 12.8 Å². The van der Waals surface area contributed by atoms with Crippen molar-refractivity contribution in [1.29, 1.82) is 0 Å². The SMILES string of the molecule is CN1Cc2ccc(-c3nc(Cl)cc(N)c3-c3cnn(CC4(C)CCCC4)c3)cc2C1=O. The second-order valence-corrected chi connectivity index (χ2v) is 9.62. The molecule has 7 heteroatoms. The molecule has 1 amide bonds. The highest BCUT2D eigenvalue weighted by Crippen LogP contribution is 2.41. The van der Waals surface area contributed by atoms with Gasteiger partial charge in [0.05, 0.1) is 11.9 Å². The summed E-state index contributed by atoms with van der Waals surface area (Å²) in [7, 11) is 1.81. The van der Waals surface area contributed by atoms with E-state index in [1.807, 2.05) is 42.3 Å². The normalized spacial score (nSPS) is 17.4. The van der Waals surface area contributed by atoms with Crippen molar-refractivity contribution in [3.05, 3.63) is 52.9 Å². The molecule has 0 atom stereocenters. The third-order valence-electron chi connectivity index (χ3n) is 6.66. The lowest BCUT2D eigenvalue weighted by Crippen LogP contribution is -2.19. The Hall–Kier alpha value is -2.86. The van der Waals surface area contributed by atoms with Crippen LogP contribution in [-0.2, 0) is 13.1 Å². The average Bonchev–Trinajstić information content (AvgIpc) is 3.42. The van der Waals surface area contributed by atoms with Crippen LogP contribution >= 0.6 is 11.6 Å². The van der Waals surface area contributed by atoms with E-state index in [0.29, 0.717) is 34.1 Å². The first kappa shape index (κ1) is 20.1. The molecule has 2 N–H and O–H groups in total. The Bertz CT molecular complexity index is 1180. The third kappa shape index (κ3) is 3.59. The number of carbonyl (C=O) groups is 1. The third-order valence-corrected chi connectivity index (χ3v) is 6.86. The van der Waals surface area contributed by atoms with Crippen LogP contribution in [0.2, 0.25) is 5.15 Å². The lowest BCUT2D eigenvalue weighted by atomic mass is 9.89. The van der Waals surface area contributed by atoms with Gasteiger partial charge in [-0.05, 0) is 36.0 Å². The Kier molecular flexibility index (Phi) is 4.77. The maximum Gasteiger partial charge on any atom is 0.254 e. The van der Waals surface area contributed by atoms with Crippen LogP contribution in [0, 0.1) is 5.41 Å². The summed E-state index contributed by atoms with van der Waals surface area (Å²) in [6.07, 6.45) is 8.92. The number of benzene rings is 1. The number of nitrogens with two attached hydrogens (primary N) is 1. The molecule has 2 aliphatic rings. The largest absolute Gasteiger partial charge is 0.398 e. The summed E-state index contributed by atoms with van der Waals surface area (Å²) in [6, 6.07) is 7.53. The lowest BCUT2D eigenvalue weighted by Gasteiger charge is -2.23. The number of amides is 1. The molecule has 1 saturated carbocycles. The molecule has 3 heterocycles. The van der Waals surface area contributed by atoms with Gasteiger partial charge in [-0.25, -0.2) is 4.98 Å². The van der Waals surface area contributed by atoms with Gasteiger partial charge in [0.2, 0.25) is 0 Å². The van der Waals surface area contributed by atoms with Crippen molar-refractivity contribution >= 4 is 23.2 Å². The predicted molar refractivity (Wildman–Crippen MR) is 123 cm³/mol. The standard InChI is InChI=1S/C24H26ClN5O/c1-24(7-3-4-8-24)14-30-13-17(11-27-30)21-19(26)10-20(25)28-22(21)15-5-6-16-12-29(2)23(31)18(16)9-15/h5-6,9-11,13H,3-4,7-8,12,14H2,1-2H3,(H2,26,28). The highest BCUT2D eigenvalue weighted by atomic mass is 35.5. The molecule has 2 aromatic heterocycles. The van der Waals surface area contributed by atoms with E-state index in [1.165, 1.54) is 25.7 Å². The van der Waals surface area contributed by atoms with E-state index < -0.39 is 0 Å². The molecule has 0 saturated heterocycles. The van der Waals surface area contributed by atoms with Gasteiger partial charge in [-0.15, -0.1) is 0 Å². The van der Waals surface area contributed by atoms with E-state index >= 15 is 0 Å². The van der Waals surface area contributed by atoms with Crippen LogP contribution in [0.1, 0.15) is 48.5 Å². The predicted octanol–water partition coefficient (Wildman–Crippen LogP) is 5.01. The average molecular weight is 436 g/mol. The van der Waals surface area contributed by atoms with Gasteiger partial charge >= 0.3 is 0 Å². The van der Waals surface area contributed by atoms with Gasteiger partial charge in [0.25, 0.3) is 5.91 Å². The second kappa shape index (κ2) is 7.38. The van der Waals surface area contributed by atoms with Gasteiger partial charge in [-0.3, -0.25) is 9.48 Å². The molecule has 6 nitrogen and oxygen atoms in total. The van der Waals surface area contributed by atoms with E-state index in [1.54, 1.807) is 11.0 Å². The number of pyridine rings is 1. The molecular formula is C24H26ClN5O. The number of carbonyl (C=O) groups excluding carboxylic acids is 1. The van der Waals surface area contributed by atoms with E-state index in [4.69, 9.17) is 17.3 Å². The van der Waals surface area contributed by atoms with Crippen molar-refractivity contribution in [3.63, 3.8) is 0 Å². The molecule has 160 valence electrons. The molecule has 0 spiro atoms. The molecule has 1 fully saturated rings. The lowest BCUT2D eigenvalue weighted by molar-refractivity contribution is 0.0816. The van der Waals surface area contributed by atoms with Gasteiger partial charge in [-0.1, -0.05) is 43.5 Å². The van der Waals surface area contributed by atoms with Crippen LogP contribution in [0.5, 0.6) is 0 Å². The fourth-order valence-electron chi connectivity index (χ4n) is 5.00. The van der Waals surface area contributed by atoms with Gasteiger partial charge in [0.1, 0.15) is 5.15 Å². The van der Waals surface area contributed by atoms with E-state index in [0.717, 1.165) is 28.8 Å². The number of nitrogens with zero attached hydrogens (tertiary/aromatic N) is 4. The summed E-state index contributed by atoms with van der Waals surface area (Å²) >= 11 is 6.28. The molecule has 3 aromatic rings. The zero-order valence-electron chi connectivity index (χ0n) is 17.9. The number of rotatable bonds is 4. The molecule has 5 rings (SSSR count). The number of aromatic nitrogens is 3. The van der Waals surface area contributed by atoms with Crippen LogP contribution in [0.25, 0.3) is 22.4 Å². The van der Waals surface area contributed by atoms with Gasteiger partial charge < -0.3 is 10.6 Å². The number of hydrogen-bond acceptors (Lipinski definition) is 4. The van der Waals surface area contributed by atoms with Gasteiger partial charge in [0, 0.05) is 54.3 Å². The maximum absolute atomic E-state index is 12.5. The molecule has 31 heavy (non-hydrogen) atoms. The zero-order valence-corrected chi connectivity index (χ0v) is 18.6. The molecule has 0 unspecified atom stereocenters. The monoisotopic (exact) mass is 435 g/mol. The topological polar surface area (TPSA) is 77.0 Å². The Morgan fingerprint density at radius 1 is 1.19 bits per heavy atom. The highest BCUT2D eigenvalue weighted by Gasteiger charge is 2.30. The molecule has 1 aromatic carbocycles. The number of anilines is 1. The number of halogens is 1. The zero-order chi connectivity index (χ0) is 21.8. The van der Waals surface area contributed by atoms with Crippen molar-refractivity contribution in [2.45, 2.75) is 45.7 Å². The summed E-state index contributed by atoms with van der Waals surface area (Å²) in [5, 5.41) is 4.94. The number of nitrogen functional groups attached to an aromatic ring is 1. The van der Waals surface area contributed by atoms with Crippen molar-refractivity contribution in [1.82, 2.24) is 19.7 Å². The van der Waals surface area contributed by atoms with Gasteiger partial charge in [0.15, 0.2) is 0 Å². The first-order valence-electron chi connectivity index (χ1n) is 10.7. The second-order valence-electron chi connectivity index (χ2n) is 9.24. The van der Waals surface area contributed by atoms with E-state index in [-0.39, 0.29) is 5.91 Å². The smallest absolute Gasteiger partial charge is 0.254 e. The van der Waals surface area contributed by atoms with Crippen molar-refractivity contribution in [3.8, 4) is 22.4 Å². The number of hydrogen-bond donors (Lipinski definition) is 1. The van der Waals surface area contributed by atoms with Crippen LogP contribution in [0.15, 0.2) is 36.7 Å². The van der Waals surface area contributed by atoms with Crippen LogP contribution < -0.4 is 5.73 Å². The summed E-state index contributed by atoms with van der Waals surface area (Å²) in [5.74, 6) is 0.0195. The maximum atomic E-state index is 12.5. The number of fused-ring (bicyclic) bond motifs is 1. The summed E-state index contributed by atoms with van der Waals surface area (Å²) in [6.45, 7) is 3.85. The first-order valence-corrected chi connectivity index (χ1v) is 11.1. The molecular weight excluding hydrogens is 410 g/mol. The summed E-state index contributed by atoms with van der Waals surface area (Å²) in [4.78, 5) is 18.8. The Labute approximate surface area is 187 Å². The van der Waals surface area contributed by atoms with Crippen LogP contribution in [0.3, 0.4) is 0 Å². The van der Waals surface area contributed by atoms with Crippen LogP contribution in [-0.4, -0.2) is 32.6 Å². The fraction of sp³-hybridized carbons (Fsp3) is 0.375. The molecule has 1 aliphatic heterocycles. The van der Waals surface area contributed by atoms with E-state index in [2.05, 4.69) is 17.0 Å². The Balaban J connectivity index is 1.57. The minimum Gasteiger partial charge on any atom is -0.398 e. The Morgan fingerprint density at radius 2 is 1.97 bits per heavy atom. The van der Waals surface area contributed by atoms with Crippen molar-refractivity contribution in [2.24, 2.45) is 5.41 Å². The van der Waals surface area contributed by atoms with Crippen molar-refractivity contribution < 1.29 is 4.79 Å². The molecule has 0 bridgehead atoms. The minimum atomic E-state index is 0.0195. The van der Waals surface area contributed by atoms with E-state index in [9.17, 15) is 4.79 Å². The highest BCUT2D eigenvalue weighted by molar-refractivity contribution is 6.30.